The van der Waals surface area contributed by atoms with Crippen LogP contribution in [0.1, 0.15) is 59.8 Å². The molecule has 0 bridgehead atoms. The quantitative estimate of drug-likeness (QED) is 0.351. The molecule has 2 heterocycles. The van der Waals surface area contributed by atoms with Gasteiger partial charge in [-0.25, -0.2) is 0 Å². The lowest BCUT2D eigenvalue weighted by molar-refractivity contribution is -0.150. The summed E-state index contributed by atoms with van der Waals surface area (Å²) in [6.07, 6.45) is 3.12. The van der Waals surface area contributed by atoms with Crippen molar-refractivity contribution in [2.24, 2.45) is 5.92 Å². The number of epoxide rings is 1. The van der Waals surface area contributed by atoms with E-state index >= 15 is 0 Å². The molecule has 3 N–H and O–H groups in total. The van der Waals surface area contributed by atoms with Crippen LogP contribution >= 0.6 is 0 Å². The van der Waals surface area contributed by atoms with Crippen LogP contribution in [-0.4, -0.2) is 44.9 Å². The van der Waals surface area contributed by atoms with Gasteiger partial charge in [-0.2, -0.15) is 0 Å². The summed E-state index contributed by atoms with van der Waals surface area (Å²) in [5, 5.41) is 23.4. The molecule has 2 aliphatic heterocycles. The number of rotatable bonds is 8. The van der Waals surface area contributed by atoms with E-state index in [4.69, 9.17) is 4.74 Å². The van der Waals surface area contributed by atoms with Crippen molar-refractivity contribution in [1.29, 1.82) is 0 Å². The topological polar surface area (TPSA) is 99.2 Å². The minimum absolute atomic E-state index is 0.289. The summed E-state index contributed by atoms with van der Waals surface area (Å²) in [7, 11) is 0. The fourth-order valence-corrected chi connectivity index (χ4v) is 3.20. The predicted octanol–water partition coefficient (Wildman–Crippen LogP) is 0.889. The number of hydrogen-bond donors (Lipinski definition) is 3. The van der Waals surface area contributed by atoms with Gasteiger partial charge in [0.05, 0.1) is 0 Å². The van der Waals surface area contributed by atoms with Gasteiger partial charge in [0, 0.05) is 5.92 Å². The molecule has 2 fully saturated rings. The Morgan fingerprint density at radius 2 is 2.05 bits per heavy atom. The number of carbonyl (C=O) groups excluding carboxylic acids is 2. The Balaban J connectivity index is 2.09. The monoisotopic (exact) mass is 313 g/mol. The van der Waals surface area contributed by atoms with Gasteiger partial charge >= 0.3 is 0 Å². The number of hydrogen-bond acceptors (Lipinski definition) is 5. The van der Waals surface area contributed by atoms with Gasteiger partial charge in [0.2, 0.25) is 11.4 Å². The lowest BCUT2D eigenvalue weighted by Gasteiger charge is -2.27. The van der Waals surface area contributed by atoms with Crippen molar-refractivity contribution in [3.05, 3.63) is 0 Å². The lowest BCUT2D eigenvalue weighted by Crippen LogP contribution is -2.52. The number of ketones is 1. The zero-order chi connectivity index (χ0) is 16.8. The second kappa shape index (κ2) is 5.58. The van der Waals surface area contributed by atoms with Crippen molar-refractivity contribution < 1.29 is 24.5 Å². The van der Waals surface area contributed by atoms with Crippen LogP contribution in [0.25, 0.3) is 0 Å². The van der Waals surface area contributed by atoms with Crippen LogP contribution in [0.4, 0.5) is 0 Å². The van der Waals surface area contributed by atoms with Crippen LogP contribution < -0.4 is 5.32 Å². The largest absolute Gasteiger partial charge is 0.382 e. The van der Waals surface area contributed by atoms with Crippen LogP contribution in [0.3, 0.4) is 0 Å². The predicted molar refractivity (Wildman–Crippen MR) is 79.9 cm³/mol. The summed E-state index contributed by atoms with van der Waals surface area (Å²) in [6.45, 7) is 6.99. The third kappa shape index (κ3) is 2.47. The number of carbonyl (C=O) groups is 2. The molecule has 126 valence electrons. The molecule has 2 saturated heterocycles. The normalized spacial score (nSPS) is 36.0. The number of morpholine rings is 1. The van der Waals surface area contributed by atoms with Crippen molar-refractivity contribution in [3.63, 3.8) is 0 Å². The molecule has 0 aliphatic carbocycles. The first-order valence-corrected chi connectivity index (χ1v) is 8.13. The Labute approximate surface area is 131 Å². The lowest BCUT2D eigenvalue weighted by atomic mass is 9.82. The van der Waals surface area contributed by atoms with E-state index in [1.807, 2.05) is 0 Å². The molecule has 0 spiro atoms. The van der Waals surface area contributed by atoms with Crippen molar-refractivity contribution in [1.82, 2.24) is 5.32 Å². The third-order valence-electron chi connectivity index (χ3n) is 4.89. The molecule has 0 saturated carbocycles. The number of amides is 1. The zero-order valence-electron chi connectivity index (χ0n) is 13.8. The molecule has 22 heavy (non-hydrogen) atoms. The van der Waals surface area contributed by atoms with Gasteiger partial charge in [-0.15, -0.1) is 0 Å². The van der Waals surface area contributed by atoms with E-state index in [0.29, 0.717) is 6.42 Å². The minimum Gasteiger partial charge on any atom is -0.382 e. The highest BCUT2D eigenvalue weighted by molar-refractivity contribution is 6.18. The van der Waals surface area contributed by atoms with Gasteiger partial charge < -0.3 is 20.3 Å². The maximum atomic E-state index is 12.7. The minimum atomic E-state index is -1.72. The molecular formula is C16H27NO5. The molecular weight excluding hydrogens is 286 g/mol. The fourth-order valence-electron chi connectivity index (χ4n) is 3.20. The van der Waals surface area contributed by atoms with Gasteiger partial charge in [0.15, 0.2) is 11.8 Å². The van der Waals surface area contributed by atoms with E-state index in [1.165, 1.54) is 6.92 Å². The molecule has 4 atom stereocenters. The van der Waals surface area contributed by atoms with Gasteiger partial charge in [0.1, 0.15) is 5.60 Å². The van der Waals surface area contributed by atoms with Crippen molar-refractivity contribution in [2.75, 3.05) is 0 Å². The van der Waals surface area contributed by atoms with E-state index in [1.54, 1.807) is 13.8 Å². The standard InChI is InChI=1S/C16H27NO5/c1-5-6-7-8-9-14(4,20)11(18)15-12(22-15)16(21,10(2)3)17-13(15)19/h10,12,20-21H,5-9H2,1-4H3,(H,17,19)/t12-,14-,15+,16?/m1/s1. The number of ether oxygens (including phenoxy) is 1. The van der Waals surface area contributed by atoms with Gasteiger partial charge in [-0.1, -0.05) is 46.5 Å². The molecule has 1 unspecified atom stereocenters. The number of Topliss-reactive ketones (excluding diaryl/α,β-unsaturated/α-hetero) is 1. The SMILES string of the molecule is CCCCCC[C@@](C)(O)C(=O)[C@]12O[C@H]1C(O)(C(C)C)NC2=O. The molecule has 6 nitrogen and oxygen atoms in total. The summed E-state index contributed by atoms with van der Waals surface area (Å²) in [4.78, 5) is 24.9. The first kappa shape index (κ1) is 17.4. The summed E-state index contributed by atoms with van der Waals surface area (Å²) in [6, 6.07) is 0. The first-order chi connectivity index (χ1) is 10.1. The van der Waals surface area contributed by atoms with E-state index < -0.39 is 34.7 Å². The van der Waals surface area contributed by atoms with Gasteiger partial charge in [-0.3, -0.25) is 9.59 Å². The maximum absolute atomic E-state index is 12.7. The molecule has 1 amide bonds. The summed E-state index contributed by atoms with van der Waals surface area (Å²) >= 11 is 0. The molecule has 6 heteroatoms. The van der Waals surface area contributed by atoms with E-state index in [9.17, 15) is 19.8 Å². The second-order valence-corrected chi connectivity index (χ2v) is 7.08. The Morgan fingerprint density at radius 1 is 1.41 bits per heavy atom. The zero-order valence-corrected chi connectivity index (χ0v) is 13.8. The van der Waals surface area contributed by atoms with Crippen molar-refractivity contribution >= 4 is 11.7 Å². The van der Waals surface area contributed by atoms with Crippen LogP contribution in [0.2, 0.25) is 0 Å². The van der Waals surface area contributed by atoms with Crippen LogP contribution in [0.15, 0.2) is 0 Å². The molecule has 2 rings (SSSR count). The molecule has 0 aromatic heterocycles. The number of unbranched alkanes of at least 4 members (excludes halogenated alkanes) is 3. The van der Waals surface area contributed by atoms with Crippen molar-refractivity contribution in [3.8, 4) is 0 Å². The summed E-state index contributed by atoms with van der Waals surface area (Å²) in [5.41, 5.74) is -4.89. The van der Waals surface area contributed by atoms with E-state index in [2.05, 4.69) is 12.2 Å². The summed E-state index contributed by atoms with van der Waals surface area (Å²) in [5.74, 6) is -1.59. The van der Waals surface area contributed by atoms with Crippen LogP contribution in [-0.2, 0) is 14.3 Å². The van der Waals surface area contributed by atoms with Crippen LogP contribution in [0, 0.1) is 5.92 Å². The fraction of sp³-hybridized carbons (Fsp3) is 0.875. The second-order valence-electron chi connectivity index (χ2n) is 7.08. The summed E-state index contributed by atoms with van der Waals surface area (Å²) < 4.78 is 5.33. The van der Waals surface area contributed by atoms with Gasteiger partial charge in [-0.05, 0) is 13.3 Å². The smallest absolute Gasteiger partial charge is 0.265 e. The van der Waals surface area contributed by atoms with E-state index in [0.717, 1.165) is 19.3 Å². The number of nitrogens with one attached hydrogen (secondary N) is 1. The number of fused-ring (bicyclic) bond motifs is 1. The average Bonchev–Trinajstić information content (AvgIpc) is 3.15. The molecule has 0 aromatic carbocycles. The average molecular weight is 313 g/mol. The van der Waals surface area contributed by atoms with E-state index in [-0.39, 0.29) is 12.3 Å². The Morgan fingerprint density at radius 3 is 2.50 bits per heavy atom. The highest BCUT2D eigenvalue weighted by atomic mass is 16.6. The highest BCUT2D eigenvalue weighted by Gasteiger charge is 2.82. The van der Waals surface area contributed by atoms with Crippen molar-refractivity contribution in [2.45, 2.75) is 82.8 Å². The Bertz CT molecular complexity index is 475. The van der Waals surface area contributed by atoms with Crippen LogP contribution in [0.5, 0.6) is 0 Å². The highest BCUT2D eigenvalue weighted by Crippen LogP contribution is 2.52. The Hall–Kier alpha value is -0.980. The molecule has 0 radical (unpaired) electrons. The van der Waals surface area contributed by atoms with Gasteiger partial charge in [0.25, 0.3) is 5.91 Å². The number of aliphatic hydroxyl groups is 2. The molecule has 2 aliphatic rings. The Kier molecular flexibility index (Phi) is 4.41. The third-order valence-corrected chi connectivity index (χ3v) is 4.89. The first-order valence-electron chi connectivity index (χ1n) is 8.13. The maximum Gasteiger partial charge on any atom is 0.265 e. The molecule has 0 aromatic rings.